The molecular formula is C13H21N7O. The number of imidazole rings is 1. The van der Waals surface area contributed by atoms with Crippen LogP contribution in [0.25, 0.3) is 11.2 Å². The number of urea groups is 1. The number of amides is 2. The lowest BCUT2D eigenvalue weighted by atomic mass is 10.2. The number of anilines is 1. The third-order valence-electron chi connectivity index (χ3n) is 3.05. The van der Waals surface area contributed by atoms with Crippen LogP contribution in [0.15, 0.2) is 6.33 Å². The predicted molar refractivity (Wildman–Crippen MR) is 81.0 cm³/mol. The Bertz CT molecular complexity index is 595. The summed E-state index contributed by atoms with van der Waals surface area (Å²) >= 11 is 0. The van der Waals surface area contributed by atoms with Crippen molar-refractivity contribution in [3.05, 3.63) is 12.2 Å². The van der Waals surface area contributed by atoms with Crippen LogP contribution in [0.1, 0.15) is 31.5 Å². The zero-order valence-electron chi connectivity index (χ0n) is 12.1. The SMILES string of the molecule is Cc1nc(NC(=O)NCCCCCCN)c2[nH]cnc2n1. The number of hydrogen-bond acceptors (Lipinski definition) is 5. The molecule has 0 aliphatic rings. The van der Waals surface area contributed by atoms with Gasteiger partial charge in [-0.3, -0.25) is 5.32 Å². The predicted octanol–water partition coefficient (Wildman–Crippen LogP) is 1.30. The highest BCUT2D eigenvalue weighted by Gasteiger charge is 2.10. The molecule has 0 fully saturated rings. The summed E-state index contributed by atoms with van der Waals surface area (Å²) in [5, 5.41) is 5.53. The highest BCUT2D eigenvalue weighted by molar-refractivity contribution is 5.95. The van der Waals surface area contributed by atoms with Crippen LogP contribution < -0.4 is 16.4 Å². The Kier molecular flexibility index (Phi) is 5.44. The van der Waals surface area contributed by atoms with E-state index >= 15 is 0 Å². The molecule has 0 atom stereocenters. The van der Waals surface area contributed by atoms with Crippen molar-refractivity contribution in [2.45, 2.75) is 32.6 Å². The molecule has 0 aliphatic carbocycles. The summed E-state index contributed by atoms with van der Waals surface area (Å²) in [4.78, 5) is 27.2. The van der Waals surface area contributed by atoms with Crippen molar-refractivity contribution in [1.29, 1.82) is 0 Å². The number of nitrogens with zero attached hydrogens (tertiary/aromatic N) is 3. The summed E-state index contributed by atoms with van der Waals surface area (Å²) in [5.41, 5.74) is 6.59. The summed E-state index contributed by atoms with van der Waals surface area (Å²) in [7, 11) is 0. The second-order valence-corrected chi connectivity index (χ2v) is 4.80. The van der Waals surface area contributed by atoms with E-state index in [-0.39, 0.29) is 6.03 Å². The number of hydrogen-bond donors (Lipinski definition) is 4. The van der Waals surface area contributed by atoms with Gasteiger partial charge in [0.15, 0.2) is 11.5 Å². The third kappa shape index (κ3) is 4.38. The van der Waals surface area contributed by atoms with Crippen LogP contribution >= 0.6 is 0 Å². The number of rotatable bonds is 7. The maximum absolute atomic E-state index is 11.8. The molecule has 0 spiro atoms. The molecule has 21 heavy (non-hydrogen) atoms. The third-order valence-corrected chi connectivity index (χ3v) is 3.05. The smallest absolute Gasteiger partial charge is 0.320 e. The quantitative estimate of drug-likeness (QED) is 0.573. The first-order valence-corrected chi connectivity index (χ1v) is 7.13. The van der Waals surface area contributed by atoms with Gasteiger partial charge in [-0.25, -0.2) is 19.7 Å². The van der Waals surface area contributed by atoms with Gasteiger partial charge in [0, 0.05) is 6.54 Å². The maximum atomic E-state index is 11.8. The molecule has 0 saturated carbocycles. The number of aromatic amines is 1. The number of aryl methyl sites for hydroxylation is 1. The Balaban J connectivity index is 1.83. The van der Waals surface area contributed by atoms with E-state index in [1.54, 1.807) is 6.92 Å². The maximum Gasteiger partial charge on any atom is 0.320 e. The number of nitrogens with two attached hydrogens (primary N) is 1. The van der Waals surface area contributed by atoms with E-state index in [9.17, 15) is 4.79 Å². The lowest BCUT2D eigenvalue weighted by molar-refractivity contribution is 0.252. The topological polar surface area (TPSA) is 122 Å². The highest BCUT2D eigenvalue weighted by atomic mass is 16.2. The van der Waals surface area contributed by atoms with Gasteiger partial charge in [-0.05, 0) is 26.3 Å². The van der Waals surface area contributed by atoms with Crippen molar-refractivity contribution in [3.8, 4) is 0 Å². The monoisotopic (exact) mass is 291 g/mol. The Morgan fingerprint density at radius 3 is 2.90 bits per heavy atom. The lowest BCUT2D eigenvalue weighted by Crippen LogP contribution is -2.30. The number of carbonyl (C=O) groups is 1. The molecule has 0 unspecified atom stereocenters. The van der Waals surface area contributed by atoms with E-state index in [4.69, 9.17) is 5.73 Å². The average molecular weight is 291 g/mol. The number of carbonyl (C=O) groups excluding carboxylic acids is 1. The molecule has 2 heterocycles. The van der Waals surface area contributed by atoms with Gasteiger partial charge in [0.05, 0.1) is 6.33 Å². The van der Waals surface area contributed by atoms with Gasteiger partial charge in [0.2, 0.25) is 0 Å². The van der Waals surface area contributed by atoms with Gasteiger partial charge in [0.1, 0.15) is 11.3 Å². The zero-order chi connectivity index (χ0) is 15.1. The fourth-order valence-corrected chi connectivity index (χ4v) is 2.01. The molecule has 0 aromatic carbocycles. The first-order valence-electron chi connectivity index (χ1n) is 7.13. The molecule has 114 valence electrons. The van der Waals surface area contributed by atoms with Crippen molar-refractivity contribution in [3.63, 3.8) is 0 Å². The van der Waals surface area contributed by atoms with Crippen molar-refractivity contribution in [2.24, 2.45) is 5.73 Å². The fourth-order valence-electron chi connectivity index (χ4n) is 2.01. The van der Waals surface area contributed by atoms with E-state index in [1.165, 1.54) is 6.33 Å². The van der Waals surface area contributed by atoms with Crippen LogP contribution in [0, 0.1) is 6.92 Å². The van der Waals surface area contributed by atoms with E-state index in [1.807, 2.05) is 0 Å². The summed E-state index contributed by atoms with van der Waals surface area (Å²) in [6.07, 6.45) is 5.66. The average Bonchev–Trinajstić information content (AvgIpc) is 2.91. The number of H-pyrrole nitrogens is 1. The Morgan fingerprint density at radius 2 is 2.10 bits per heavy atom. The second kappa shape index (κ2) is 7.53. The van der Waals surface area contributed by atoms with E-state index in [0.717, 1.165) is 32.2 Å². The number of aromatic nitrogens is 4. The molecule has 2 aromatic rings. The first kappa shape index (κ1) is 15.2. The molecule has 2 rings (SSSR count). The molecule has 0 radical (unpaired) electrons. The number of fused-ring (bicyclic) bond motifs is 1. The van der Waals surface area contributed by atoms with Crippen molar-refractivity contribution >= 4 is 23.0 Å². The molecule has 0 aliphatic heterocycles. The number of nitrogens with one attached hydrogen (secondary N) is 3. The van der Waals surface area contributed by atoms with E-state index < -0.39 is 0 Å². The fraction of sp³-hybridized carbons (Fsp3) is 0.538. The zero-order valence-corrected chi connectivity index (χ0v) is 12.1. The van der Waals surface area contributed by atoms with Crippen LogP contribution in [-0.4, -0.2) is 39.1 Å². The highest BCUT2D eigenvalue weighted by Crippen LogP contribution is 2.15. The van der Waals surface area contributed by atoms with Crippen molar-refractivity contribution in [1.82, 2.24) is 25.3 Å². The second-order valence-electron chi connectivity index (χ2n) is 4.80. The van der Waals surface area contributed by atoms with Crippen LogP contribution in [0.4, 0.5) is 10.6 Å². The summed E-state index contributed by atoms with van der Waals surface area (Å²) in [5.74, 6) is 1.00. The summed E-state index contributed by atoms with van der Waals surface area (Å²) in [6, 6.07) is -0.275. The standard InChI is InChI=1S/C13H21N7O/c1-9-18-11-10(16-8-17-11)12(19-9)20-13(21)15-7-5-3-2-4-6-14/h8H,2-7,14H2,1H3,(H3,15,16,17,18,19,20,21). The van der Waals surface area contributed by atoms with Gasteiger partial charge in [-0.15, -0.1) is 0 Å². The van der Waals surface area contributed by atoms with Crippen molar-refractivity contribution in [2.75, 3.05) is 18.4 Å². The molecule has 5 N–H and O–H groups in total. The molecule has 8 heteroatoms. The molecular weight excluding hydrogens is 270 g/mol. The molecule has 0 bridgehead atoms. The Labute approximate surface area is 123 Å². The molecule has 2 amide bonds. The van der Waals surface area contributed by atoms with Crippen molar-refractivity contribution < 1.29 is 4.79 Å². The largest absolute Gasteiger partial charge is 0.340 e. The van der Waals surface area contributed by atoms with Gasteiger partial charge in [0.25, 0.3) is 0 Å². The Hall–Kier alpha value is -2.22. The Morgan fingerprint density at radius 1 is 1.29 bits per heavy atom. The van der Waals surface area contributed by atoms with Gasteiger partial charge in [-0.1, -0.05) is 12.8 Å². The minimum absolute atomic E-state index is 0.275. The van der Waals surface area contributed by atoms with E-state index in [2.05, 4.69) is 30.6 Å². The summed E-state index contributed by atoms with van der Waals surface area (Å²) in [6.45, 7) is 3.11. The van der Waals surface area contributed by atoms with Gasteiger partial charge >= 0.3 is 6.03 Å². The first-order chi connectivity index (χ1) is 10.2. The van der Waals surface area contributed by atoms with Crippen LogP contribution in [0.2, 0.25) is 0 Å². The van der Waals surface area contributed by atoms with Crippen LogP contribution in [-0.2, 0) is 0 Å². The van der Waals surface area contributed by atoms with Gasteiger partial charge in [-0.2, -0.15) is 0 Å². The lowest BCUT2D eigenvalue weighted by Gasteiger charge is -2.08. The number of unbranched alkanes of at least 4 members (excludes halogenated alkanes) is 3. The normalized spacial score (nSPS) is 10.8. The minimum Gasteiger partial charge on any atom is -0.340 e. The van der Waals surface area contributed by atoms with E-state index in [0.29, 0.717) is 29.4 Å². The molecule has 8 nitrogen and oxygen atoms in total. The van der Waals surface area contributed by atoms with Crippen LogP contribution in [0.3, 0.4) is 0 Å². The van der Waals surface area contributed by atoms with Gasteiger partial charge < -0.3 is 16.0 Å². The minimum atomic E-state index is -0.275. The molecule has 2 aromatic heterocycles. The van der Waals surface area contributed by atoms with Crippen LogP contribution in [0.5, 0.6) is 0 Å². The molecule has 0 saturated heterocycles. The summed E-state index contributed by atoms with van der Waals surface area (Å²) < 4.78 is 0.